The number of carbonyl (C=O) groups excluding carboxylic acids is 1. The molecule has 6 aromatic rings. The Morgan fingerprint density at radius 3 is 1.51 bits per heavy atom. The fraction of sp³-hybridized carbons (Fsp3) is 0.220. The molecule has 0 amide bonds. The Kier molecular flexibility index (Phi) is 12.2. The molecule has 294 valence electrons. The highest BCUT2D eigenvalue weighted by Gasteiger charge is 2.27. The van der Waals surface area contributed by atoms with Gasteiger partial charge in [0.1, 0.15) is 0 Å². The Hall–Kier alpha value is -6.94. The number of nitrogens with zero attached hydrogens (tertiary/aromatic N) is 4. The van der Waals surface area contributed by atoms with Gasteiger partial charge < -0.3 is 20.5 Å². The van der Waals surface area contributed by atoms with Crippen molar-refractivity contribution in [3.05, 3.63) is 107 Å². The van der Waals surface area contributed by atoms with Gasteiger partial charge in [0, 0.05) is 47.7 Å². The molecule has 10 nitrogen and oxygen atoms in total. The fourth-order valence-electron chi connectivity index (χ4n) is 5.92. The summed E-state index contributed by atoms with van der Waals surface area (Å²) in [4.78, 5) is 31.7. The van der Waals surface area contributed by atoms with Gasteiger partial charge in [-0.3, -0.25) is 8.80 Å². The number of ether oxygens (including phenoxy) is 1. The van der Waals surface area contributed by atoms with E-state index in [4.69, 9.17) is 17.6 Å². The van der Waals surface area contributed by atoms with Gasteiger partial charge in [0.2, 0.25) is 0 Å². The lowest BCUT2D eigenvalue weighted by atomic mass is 10.0. The molecule has 0 fully saturated rings. The highest BCUT2D eigenvalue weighted by molar-refractivity contribution is 5.92. The van der Waals surface area contributed by atoms with Crippen LogP contribution in [0.15, 0.2) is 73.3 Å². The average Bonchev–Trinajstić information content (AvgIpc) is 3.78. The number of aromatic carboxylic acids is 1. The van der Waals surface area contributed by atoms with E-state index >= 15 is 0 Å². The molecular formula is C41H34F6N6O4. The number of nitrogens with one attached hydrogen (secondary N) is 2. The molecule has 4 heterocycles. The van der Waals surface area contributed by atoms with Crippen LogP contribution >= 0.6 is 0 Å². The van der Waals surface area contributed by atoms with Crippen molar-refractivity contribution in [2.24, 2.45) is 0 Å². The first-order valence-electron chi connectivity index (χ1n) is 17.0. The summed E-state index contributed by atoms with van der Waals surface area (Å²) < 4.78 is 82.9. The van der Waals surface area contributed by atoms with Crippen LogP contribution in [-0.4, -0.2) is 68.4 Å². The van der Waals surface area contributed by atoms with Crippen LogP contribution in [0.25, 0.3) is 33.8 Å². The van der Waals surface area contributed by atoms with E-state index < -0.39 is 37.1 Å². The number of hydrogen-bond acceptors (Lipinski definition) is 7. The molecule has 0 aliphatic heterocycles. The topological polar surface area (TPSA) is 122 Å². The van der Waals surface area contributed by atoms with E-state index in [-0.39, 0.29) is 18.7 Å². The second-order valence-corrected chi connectivity index (χ2v) is 12.7. The van der Waals surface area contributed by atoms with Gasteiger partial charge in [-0.25, -0.2) is 19.6 Å². The maximum Gasteiger partial charge on any atom is 0.390 e. The van der Waals surface area contributed by atoms with Crippen molar-refractivity contribution in [3.8, 4) is 47.2 Å². The van der Waals surface area contributed by atoms with E-state index in [2.05, 4.69) is 32.4 Å². The number of benzene rings is 2. The Morgan fingerprint density at radius 2 is 1.16 bits per heavy atom. The second-order valence-electron chi connectivity index (χ2n) is 12.7. The monoisotopic (exact) mass is 788 g/mol. The first-order valence-corrected chi connectivity index (χ1v) is 17.0. The molecule has 2 aromatic carbocycles. The molecule has 0 atom stereocenters. The van der Waals surface area contributed by atoms with Gasteiger partial charge in [0.05, 0.1) is 66.2 Å². The highest BCUT2D eigenvalue weighted by Crippen LogP contribution is 2.30. The standard InChI is InChI=1S/C21H18F3N3O2.C20H16F3N3O2/c1-4-14-10-17(25-8-7-21(22,23)24)19-26-11-18(27(19)12-14)15-5-6-16(13(2)9-15)20(28)29-3;1-3-13-9-16(24-7-6-20(21,22)23)18-25-10-17(26(18)11-13)14-4-5-15(19(27)28)12(2)8-14/h1,5-6,9-12,25H,7-8H2,2-3H3;1,4-5,8-11,24H,6-7H2,2H3,(H,27,28). The number of terminal acetylenes is 2. The number of carbonyl (C=O) groups is 2. The smallest absolute Gasteiger partial charge is 0.390 e. The molecular weight excluding hydrogens is 754 g/mol. The Bertz CT molecular complexity index is 2560. The van der Waals surface area contributed by atoms with E-state index in [9.17, 15) is 41.0 Å². The lowest BCUT2D eigenvalue weighted by molar-refractivity contribution is -0.132. The van der Waals surface area contributed by atoms with Crippen molar-refractivity contribution in [2.45, 2.75) is 39.0 Å². The van der Waals surface area contributed by atoms with E-state index in [0.29, 0.717) is 61.9 Å². The first-order chi connectivity index (χ1) is 26.9. The number of anilines is 2. The number of carboxylic acids is 1. The van der Waals surface area contributed by atoms with Gasteiger partial charge >= 0.3 is 24.3 Å². The van der Waals surface area contributed by atoms with Gasteiger partial charge in [-0.1, -0.05) is 24.0 Å². The number of pyridine rings is 2. The molecule has 0 aliphatic carbocycles. The number of esters is 1. The van der Waals surface area contributed by atoms with E-state index in [1.807, 2.05) is 6.07 Å². The summed E-state index contributed by atoms with van der Waals surface area (Å²) in [5.74, 6) is 3.53. The number of alkyl halides is 6. The van der Waals surface area contributed by atoms with Crippen molar-refractivity contribution in [3.63, 3.8) is 0 Å². The number of methoxy groups -OCH3 is 1. The average molecular weight is 789 g/mol. The molecule has 0 saturated carbocycles. The van der Waals surface area contributed by atoms with Crippen molar-refractivity contribution >= 4 is 34.6 Å². The summed E-state index contributed by atoms with van der Waals surface area (Å²) in [7, 11) is 1.31. The third-order valence-electron chi connectivity index (χ3n) is 8.67. The summed E-state index contributed by atoms with van der Waals surface area (Å²) >= 11 is 0. The number of hydrogen-bond donors (Lipinski definition) is 3. The minimum absolute atomic E-state index is 0.191. The molecule has 0 aliphatic rings. The predicted octanol–water partition coefficient (Wildman–Crippen LogP) is 8.80. The fourth-order valence-corrected chi connectivity index (χ4v) is 5.92. The molecule has 57 heavy (non-hydrogen) atoms. The molecule has 0 saturated heterocycles. The van der Waals surface area contributed by atoms with Gasteiger partial charge in [0.25, 0.3) is 0 Å². The Labute approximate surface area is 322 Å². The van der Waals surface area contributed by atoms with Crippen LogP contribution in [0, 0.1) is 38.5 Å². The van der Waals surface area contributed by atoms with E-state index in [1.54, 1.807) is 83.8 Å². The van der Waals surface area contributed by atoms with Crippen molar-refractivity contribution < 1.29 is 45.8 Å². The minimum atomic E-state index is -4.27. The quantitative estimate of drug-likeness (QED) is 0.0716. The molecule has 6 rings (SSSR count). The lowest BCUT2D eigenvalue weighted by Crippen LogP contribution is -2.15. The first kappa shape index (κ1) is 41.2. The molecule has 0 spiro atoms. The molecule has 0 unspecified atom stereocenters. The van der Waals surface area contributed by atoms with Crippen LogP contribution in [0.3, 0.4) is 0 Å². The molecule has 0 radical (unpaired) electrons. The van der Waals surface area contributed by atoms with Crippen LogP contribution in [-0.2, 0) is 4.74 Å². The minimum Gasteiger partial charge on any atom is -0.478 e. The molecule has 3 N–H and O–H groups in total. The Morgan fingerprint density at radius 1 is 0.737 bits per heavy atom. The highest BCUT2D eigenvalue weighted by atomic mass is 19.4. The second kappa shape index (κ2) is 16.8. The predicted molar refractivity (Wildman–Crippen MR) is 203 cm³/mol. The number of aromatic nitrogens is 4. The summed E-state index contributed by atoms with van der Waals surface area (Å²) in [6.07, 6.45) is 7.05. The zero-order valence-corrected chi connectivity index (χ0v) is 30.6. The van der Waals surface area contributed by atoms with E-state index in [0.717, 1.165) is 11.1 Å². The van der Waals surface area contributed by atoms with Crippen molar-refractivity contribution in [2.75, 3.05) is 30.8 Å². The van der Waals surface area contributed by atoms with Crippen LogP contribution in [0.2, 0.25) is 0 Å². The third kappa shape index (κ3) is 9.84. The van der Waals surface area contributed by atoms with Crippen LogP contribution in [0.4, 0.5) is 37.7 Å². The summed E-state index contributed by atoms with van der Waals surface area (Å²) in [5.41, 5.74) is 7.42. The maximum absolute atomic E-state index is 12.5. The number of halogens is 6. The third-order valence-corrected chi connectivity index (χ3v) is 8.67. The number of imidazole rings is 2. The van der Waals surface area contributed by atoms with Crippen molar-refractivity contribution in [1.82, 2.24) is 18.8 Å². The zero-order valence-electron chi connectivity index (χ0n) is 30.6. The summed E-state index contributed by atoms with van der Waals surface area (Å²) in [6, 6.07) is 13.3. The molecule has 16 heteroatoms. The number of rotatable bonds is 10. The summed E-state index contributed by atoms with van der Waals surface area (Å²) in [6.45, 7) is 2.88. The van der Waals surface area contributed by atoms with Gasteiger partial charge in [-0.2, -0.15) is 26.3 Å². The van der Waals surface area contributed by atoms with Crippen LogP contribution in [0.5, 0.6) is 0 Å². The molecule has 4 aromatic heterocycles. The number of fused-ring (bicyclic) bond motifs is 2. The van der Waals surface area contributed by atoms with Crippen molar-refractivity contribution in [1.29, 1.82) is 0 Å². The summed E-state index contributed by atoms with van der Waals surface area (Å²) in [5, 5.41) is 14.7. The van der Waals surface area contributed by atoms with Crippen LogP contribution < -0.4 is 10.6 Å². The normalized spacial score (nSPS) is 11.4. The van der Waals surface area contributed by atoms with Gasteiger partial charge in [0.15, 0.2) is 11.3 Å². The van der Waals surface area contributed by atoms with Gasteiger partial charge in [-0.15, -0.1) is 12.8 Å². The number of carboxylic acid groups (broad SMARTS) is 1. The Balaban J connectivity index is 0.000000218. The van der Waals surface area contributed by atoms with E-state index in [1.165, 1.54) is 13.2 Å². The molecule has 0 bridgehead atoms. The largest absolute Gasteiger partial charge is 0.478 e. The SMILES string of the molecule is C#Cc1cc(NCCC(F)(F)F)c2ncc(-c3ccc(C(=O)O)c(C)c3)n2c1.C#Cc1cc(NCCC(F)(F)F)c2ncc(-c3ccc(C(=O)OC)c(C)c3)n2c1. The van der Waals surface area contributed by atoms with Crippen LogP contribution in [0.1, 0.15) is 55.8 Å². The maximum atomic E-state index is 12.5. The number of aryl methyl sites for hydroxylation is 2. The zero-order chi connectivity index (χ0) is 41.7. The van der Waals surface area contributed by atoms with Gasteiger partial charge in [-0.05, 0) is 61.4 Å². The lowest BCUT2D eigenvalue weighted by Gasteiger charge is -2.12.